The summed E-state index contributed by atoms with van der Waals surface area (Å²) in [6.07, 6.45) is 7.66. The second-order valence-electron chi connectivity index (χ2n) is 7.38. The molecule has 154 valence electrons. The molecule has 4 heterocycles. The summed E-state index contributed by atoms with van der Waals surface area (Å²) in [5, 5.41) is 19.0. The van der Waals surface area contributed by atoms with Crippen LogP contribution in [-0.4, -0.2) is 57.4 Å². The number of aliphatic imine (C=N–C) groups is 1. The molecule has 3 aromatic heterocycles. The number of anilines is 1. The first-order valence-corrected chi connectivity index (χ1v) is 9.91. The standard InChI is InChI=1S/C19H27N9O/c1-13-16(14(2)29-26-13)10-23-19(20-3)22-9-15-5-4-7-27(11-15)17-18-25-24-12-28(18)8-6-21-17/h6,8,12,15H,4-5,7,9-11H2,1-3H3,(H2,20,22,23). The number of fused-ring (bicyclic) bond motifs is 1. The number of hydrogen-bond donors (Lipinski definition) is 2. The van der Waals surface area contributed by atoms with E-state index >= 15 is 0 Å². The van der Waals surface area contributed by atoms with Crippen LogP contribution in [-0.2, 0) is 6.54 Å². The predicted molar refractivity (Wildman–Crippen MR) is 110 cm³/mol. The summed E-state index contributed by atoms with van der Waals surface area (Å²) in [5.41, 5.74) is 2.78. The number of rotatable bonds is 5. The highest BCUT2D eigenvalue weighted by Crippen LogP contribution is 2.23. The fourth-order valence-corrected chi connectivity index (χ4v) is 3.78. The maximum atomic E-state index is 5.22. The normalized spacial score (nSPS) is 17.7. The maximum Gasteiger partial charge on any atom is 0.203 e. The number of hydrogen-bond acceptors (Lipinski definition) is 7. The van der Waals surface area contributed by atoms with E-state index in [1.807, 2.05) is 24.4 Å². The van der Waals surface area contributed by atoms with Crippen molar-refractivity contribution in [3.05, 3.63) is 35.7 Å². The van der Waals surface area contributed by atoms with Crippen molar-refractivity contribution in [2.75, 3.05) is 31.6 Å². The molecule has 2 N–H and O–H groups in total. The maximum absolute atomic E-state index is 5.22. The molecule has 0 aliphatic carbocycles. The van der Waals surface area contributed by atoms with Crippen LogP contribution in [0.3, 0.4) is 0 Å². The SMILES string of the molecule is CN=C(NCc1c(C)noc1C)NCC1CCCN(c2nccn3cnnc23)C1. The Labute approximate surface area is 169 Å². The summed E-state index contributed by atoms with van der Waals surface area (Å²) in [7, 11) is 1.78. The van der Waals surface area contributed by atoms with Crippen molar-refractivity contribution in [2.45, 2.75) is 33.2 Å². The van der Waals surface area contributed by atoms with E-state index in [4.69, 9.17) is 4.52 Å². The monoisotopic (exact) mass is 397 g/mol. The highest BCUT2D eigenvalue weighted by atomic mass is 16.5. The van der Waals surface area contributed by atoms with E-state index < -0.39 is 0 Å². The summed E-state index contributed by atoms with van der Waals surface area (Å²) in [4.78, 5) is 11.2. The van der Waals surface area contributed by atoms with Crippen LogP contribution < -0.4 is 15.5 Å². The molecule has 10 nitrogen and oxygen atoms in total. The van der Waals surface area contributed by atoms with Gasteiger partial charge in [0.05, 0.1) is 5.69 Å². The van der Waals surface area contributed by atoms with Gasteiger partial charge in [0.25, 0.3) is 0 Å². The summed E-state index contributed by atoms with van der Waals surface area (Å²) in [5.74, 6) is 3.00. The van der Waals surface area contributed by atoms with Crippen LogP contribution in [0.2, 0.25) is 0 Å². The summed E-state index contributed by atoms with van der Waals surface area (Å²) >= 11 is 0. The summed E-state index contributed by atoms with van der Waals surface area (Å²) in [6.45, 7) is 7.25. The van der Waals surface area contributed by atoms with Gasteiger partial charge < -0.3 is 20.1 Å². The first-order valence-electron chi connectivity index (χ1n) is 9.91. The fourth-order valence-electron chi connectivity index (χ4n) is 3.78. The van der Waals surface area contributed by atoms with Gasteiger partial charge in [-0.15, -0.1) is 10.2 Å². The van der Waals surface area contributed by atoms with Gasteiger partial charge in [0.15, 0.2) is 11.8 Å². The minimum Gasteiger partial charge on any atom is -0.361 e. The van der Waals surface area contributed by atoms with Crippen LogP contribution in [0.1, 0.15) is 29.9 Å². The number of nitrogens with zero attached hydrogens (tertiary/aromatic N) is 7. The van der Waals surface area contributed by atoms with Gasteiger partial charge in [-0.25, -0.2) is 4.98 Å². The van der Waals surface area contributed by atoms with E-state index in [-0.39, 0.29) is 0 Å². The number of nitrogens with one attached hydrogen (secondary N) is 2. The van der Waals surface area contributed by atoms with E-state index in [0.29, 0.717) is 12.5 Å². The van der Waals surface area contributed by atoms with Gasteiger partial charge >= 0.3 is 0 Å². The van der Waals surface area contributed by atoms with E-state index in [9.17, 15) is 0 Å². The molecule has 3 aromatic rings. The van der Waals surface area contributed by atoms with Crippen molar-refractivity contribution in [3.63, 3.8) is 0 Å². The molecule has 0 amide bonds. The second-order valence-corrected chi connectivity index (χ2v) is 7.38. The Morgan fingerprint density at radius 3 is 3.03 bits per heavy atom. The molecule has 10 heteroatoms. The first-order chi connectivity index (χ1) is 14.2. The highest BCUT2D eigenvalue weighted by molar-refractivity contribution is 5.79. The van der Waals surface area contributed by atoms with Crippen molar-refractivity contribution in [1.29, 1.82) is 0 Å². The quantitative estimate of drug-likeness (QED) is 0.490. The Morgan fingerprint density at radius 2 is 2.24 bits per heavy atom. The molecule has 4 rings (SSSR count). The minimum absolute atomic E-state index is 0.492. The zero-order chi connectivity index (χ0) is 20.2. The third kappa shape index (κ3) is 4.15. The second kappa shape index (κ2) is 8.46. The van der Waals surface area contributed by atoms with Crippen LogP contribution in [0.25, 0.3) is 5.65 Å². The van der Waals surface area contributed by atoms with Gasteiger partial charge in [-0.1, -0.05) is 5.16 Å². The molecule has 1 aliphatic rings. The molecule has 1 atom stereocenters. The van der Waals surface area contributed by atoms with Crippen LogP contribution in [0.4, 0.5) is 5.82 Å². The molecule has 29 heavy (non-hydrogen) atoms. The van der Waals surface area contributed by atoms with Crippen molar-refractivity contribution in [1.82, 2.24) is 35.4 Å². The van der Waals surface area contributed by atoms with Crippen LogP contribution in [0.15, 0.2) is 28.2 Å². The number of aryl methyl sites for hydroxylation is 2. The van der Waals surface area contributed by atoms with Gasteiger partial charge in [0.1, 0.15) is 12.1 Å². The molecule has 0 saturated carbocycles. The predicted octanol–water partition coefficient (Wildman–Crippen LogP) is 1.31. The molecule has 1 saturated heterocycles. The number of piperidine rings is 1. The Balaban J connectivity index is 1.34. The lowest BCUT2D eigenvalue weighted by Crippen LogP contribution is -2.44. The fraction of sp³-hybridized carbons (Fsp3) is 0.526. The van der Waals surface area contributed by atoms with Crippen molar-refractivity contribution in [3.8, 4) is 0 Å². The highest BCUT2D eigenvalue weighted by Gasteiger charge is 2.23. The summed E-state index contributed by atoms with van der Waals surface area (Å²) < 4.78 is 7.13. The van der Waals surface area contributed by atoms with E-state index in [1.54, 1.807) is 19.6 Å². The van der Waals surface area contributed by atoms with E-state index in [2.05, 4.69) is 40.9 Å². The molecule has 1 unspecified atom stereocenters. The van der Waals surface area contributed by atoms with E-state index in [1.165, 1.54) is 6.42 Å². The Kier molecular flexibility index (Phi) is 5.59. The minimum atomic E-state index is 0.492. The Morgan fingerprint density at radius 1 is 1.34 bits per heavy atom. The molecule has 1 aliphatic heterocycles. The van der Waals surface area contributed by atoms with Crippen molar-refractivity contribution < 1.29 is 4.52 Å². The zero-order valence-electron chi connectivity index (χ0n) is 17.1. The average Bonchev–Trinajstić information content (AvgIpc) is 3.35. The number of aromatic nitrogens is 5. The van der Waals surface area contributed by atoms with Gasteiger partial charge in [-0.3, -0.25) is 9.39 Å². The average molecular weight is 397 g/mol. The molecule has 0 radical (unpaired) electrons. The molecular formula is C19H27N9O. The van der Waals surface area contributed by atoms with Gasteiger partial charge in [0, 0.05) is 51.2 Å². The lowest BCUT2D eigenvalue weighted by Gasteiger charge is -2.33. The lowest BCUT2D eigenvalue weighted by molar-refractivity contribution is 0.392. The van der Waals surface area contributed by atoms with Crippen LogP contribution >= 0.6 is 0 Å². The van der Waals surface area contributed by atoms with Gasteiger partial charge in [-0.05, 0) is 32.6 Å². The van der Waals surface area contributed by atoms with Gasteiger partial charge in [-0.2, -0.15) is 0 Å². The molecule has 0 spiro atoms. The Hall–Kier alpha value is -3.17. The molecular weight excluding hydrogens is 370 g/mol. The zero-order valence-corrected chi connectivity index (χ0v) is 17.1. The van der Waals surface area contributed by atoms with Crippen molar-refractivity contribution in [2.24, 2.45) is 10.9 Å². The van der Waals surface area contributed by atoms with Crippen molar-refractivity contribution >= 4 is 17.4 Å². The molecule has 0 bridgehead atoms. The smallest absolute Gasteiger partial charge is 0.203 e. The van der Waals surface area contributed by atoms with Crippen LogP contribution in [0.5, 0.6) is 0 Å². The first kappa shape index (κ1) is 19.2. The summed E-state index contributed by atoms with van der Waals surface area (Å²) in [6, 6.07) is 0. The molecule has 0 aromatic carbocycles. The topological polar surface area (TPSA) is 109 Å². The third-order valence-corrected chi connectivity index (χ3v) is 5.41. The number of guanidine groups is 1. The van der Waals surface area contributed by atoms with E-state index in [0.717, 1.165) is 60.5 Å². The third-order valence-electron chi connectivity index (χ3n) is 5.41. The Bertz CT molecular complexity index is 973. The largest absolute Gasteiger partial charge is 0.361 e. The van der Waals surface area contributed by atoms with Gasteiger partial charge in [0.2, 0.25) is 5.65 Å². The van der Waals surface area contributed by atoms with Crippen LogP contribution in [0, 0.1) is 19.8 Å². The molecule has 1 fully saturated rings. The lowest BCUT2D eigenvalue weighted by atomic mass is 9.98.